The fourth-order valence-electron chi connectivity index (χ4n) is 2.41. The molecule has 7 nitrogen and oxygen atoms in total. The molecule has 0 bridgehead atoms. The van der Waals surface area contributed by atoms with E-state index in [0.717, 1.165) is 16.9 Å². The molecule has 0 fully saturated rings. The number of amides is 1. The second-order valence-corrected chi connectivity index (χ2v) is 5.63. The summed E-state index contributed by atoms with van der Waals surface area (Å²) >= 11 is 6.31. The van der Waals surface area contributed by atoms with Crippen molar-refractivity contribution in [2.75, 3.05) is 12.4 Å². The van der Waals surface area contributed by atoms with Crippen LogP contribution >= 0.6 is 11.6 Å². The number of rotatable bonds is 2. The Morgan fingerprint density at radius 2 is 2.17 bits per heavy atom. The van der Waals surface area contributed by atoms with Gasteiger partial charge in [0.15, 0.2) is 5.82 Å². The van der Waals surface area contributed by atoms with E-state index in [4.69, 9.17) is 17.3 Å². The zero-order valence-corrected chi connectivity index (χ0v) is 14.1. The zero-order chi connectivity index (χ0) is 17.4. The Balaban J connectivity index is 2.09. The Morgan fingerprint density at radius 3 is 2.83 bits per heavy atom. The highest BCUT2D eigenvalue weighted by molar-refractivity contribution is 6.32. The first-order valence-corrected chi connectivity index (χ1v) is 7.50. The molecule has 0 aliphatic heterocycles. The summed E-state index contributed by atoms with van der Waals surface area (Å²) < 4.78 is 1.96. The Hall–Kier alpha value is -2.98. The van der Waals surface area contributed by atoms with E-state index in [9.17, 15) is 4.79 Å². The van der Waals surface area contributed by atoms with Gasteiger partial charge < -0.3 is 15.6 Å². The number of aryl methyl sites for hydroxylation is 2. The summed E-state index contributed by atoms with van der Waals surface area (Å²) in [6.07, 6.45) is 0. The van der Waals surface area contributed by atoms with E-state index >= 15 is 0 Å². The summed E-state index contributed by atoms with van der Waals surface area (Å²) in [5, 5.41) is 9.96. The van der Waals surface area contributed by atoms with Gasteiger partial charge in [-0.2, -0.15) is 5.10 Å². The minimum Gasteiger partial charge on any atom is -0.371 e. The number of primary amides is 1. The number of imidazole rings is 1. The van der Waals surface area contributed by atoms with Crippen molar-refractivity contribution in [3.63, 3.8) is 0 Å². The molecule has 2 aromatic heterocycles. The number of fused-ring (bicyclic) bond motifs is 1. The third-order valence-electron chi connectivity index (χ3n) is 3.76. The molecule has 0 saturated heterocycles. The molecule has 1 amide bonds. The van der Waals surface area contributed by atoms with E-state index in [1.807, 2.05) is 30.7 Å². The van der Waals surface area contributed by atoms with Crippen LogP contribution in [0.5, 0.6) is 0 Å². The third-order valence-corrected chi connectivity index (χ3v) is 4.08. The molecule has 4 N–H and O–H groups in total. The summed E-state index contributed by atoms with van der Waals surface area (Å²) in [5.74, 6) is 6.44. The largest absolute Gasteiger partial charge is 0.371 e. The number of carbonyl (C=O) groups is 1. The van der Waals surface area contributed by atoms with Gasteiger partial charge in [0, 0.05) is 19.7 Å². The van der Waals surface area contributed by atoms with Crippen molar-refractivity contribution >= 4 is 34.4 Å². The van der Waals surface area contributed by atoms with E-state index in [2.05, 4.69) is 32.3 Å². The predicted molar refractivity (Wildman–Crippen MR) is 93.1 cm³/mol. The second-order valence-electron chi connectivity index (χ2n) is 5.23. The van der Waals surface area contributed by atoms with Crippen LogP contribution in [0.25, 0.3) is 11.0 Å². The first kappa shape index (κ1) is 15.9. The smallest absolute Gasteiger partial charge is 0.255 e. The summed E-state index contributed by atoms with van der Waals surface area (Å²) in [5.41, 5.74) is 8.28. The minimum atomic E-state index is -0.612. The number of halogens is 1. The Kier molecular flexibility index (Phi) is 3.91. The quantitative estimate of drug-likeness (QED) is 0.618. The summed E-state index contributed by atoms with van der Waals surface area (Å²) in [7, 11) is 3.57. The molecule has 24 heavy (non-hydrogen) atoms. The van der Waals surface area contributed by atoms with Crippen LogP contribution in [0.2, 0.25) is 5.02 Å². The molecule has 1 aromatic carbocycles. The van der Waals surface area contributed by atoms with E-state index in [1.165, 1.54) is 0 Å². The average molecular weight is 343 g/mol. The lowest BCUT2D eigenvalue weighted by molar-refractivity contribution is 0.100. The first-order valence-electron chi connectivity index (χ1n) is 7.13. The highest BCUT2D eigenvalue weighted by Crippen LogP contribution is 2.24. The van der Waals surface area contributed by atoms with E-state index < -0.39 is 5.91 Å². The van der Waals surface area contributed by atoms with Gasteiger partial charge in [0.25, 0.3) is 5.91 Å². The van der Waals surface area contributed by atoms with Crippen LogP contribution in [0.1, 0.15) is 27.4 Å². The molecule has 0 saturated carbocycles. The van der Waals surface area contributed by atoms with Crippen molar-refractivity contribution in [1.82, 2.24) is 19.7 Å². The molecule has 0 aliphatic rings. The van der Waals surface area contributed by atoms with Gasteiger partial charge in [0.1, 0.15) is 17.1 Å². The maximum atomic E-state index is 11.6. The fourth-order valence-corrected chi connectivity index (χ4v) is 2.62. The fraction of sp³-hybridized carbons (Fsp3) is 0.188. The molecule has 0 radical (unpaired) electrons. The third kappa shape index (κ3) is 2.57. The van der Waals surface area contributed by atoms with Crippen LogP contribution in [0.3, 0.4) is 0 Å². The number of aromatic amines is 1. The predicted octanol–water partition coefficient (Wildman–Crippen LogP) is 1.80. The Morgan fingerprint density at radius 1 is 1.42 bits per heavy atom. The van der Waals surface area contributed by atoms with Crippen molar-refractivity contribution < 1.29 is 4.79 Å². The topological polar surface area (TPSA) is 102 Å². The molecular formula is C16H15ClN6O. The normalized spacial score (nSPS) is 10.5. The van der Waals surface area contributed by atoms with Crippen LogP contribution < -0.4 is 11.1 Å². The Bertz CT molecular complexity index is 1020. The maximum Gasteiger partial charge on any atom is 0.255 e. The van der Waals surface area contributed by atoms with Gasteiger partial charge in [-0.3, -0.25) is 9.89 Å². The lowest BCUT2D eigenvalue weighted by Crippen LogP contribution is -2.13. The van der Waals surface area contributed by atoms with Crippen molar-refractivity contribution in [3.05, 3.63) is 39.8 Å². The highest BCUT2D eigenvalue weighted by atomic mass is 35.5. The van der Waals surface area contributed by atoms with Gasteiger partial charge in [-0.1, -0.05) is 17.5 Å². The number of nitrogens with zero attached hydrogens (tertiary/aromatic N) is 3. The number of aromatic nitrogens is 4. The lowest BCUT2D eigenvalue weighted by atomic mass is 10.1. The van der Waals surface area contributed by atoms with Crippen LogP contribution in [0, 0.1) is 18.8 Å². The van der Waals surface area contributed by atoms with Gasteiger partial charge >= 0.3 is 0 Å². The number of anilines is 1. The average Bonchev–Trinajstić information content (AvgIpc) is 3.07. The standard InChI is InChI=1S/C16H15ClN6O/c1-8-20-12-6-9(10(17)7-13(12)23(8)3)4-5-11-14(15(18)24)16(19-2)22-21-11/h6-7H,1-3H3,(H2,18,24)(H2,19,21,22). The monoisotopic (exact) mass is 342 g/mol. The van der Waals surface area contributed by atoms with Gasteiger partial charge in [-0.15, -0.1) is 0 Å². The van der Waals surface area contributed by atoms with E-state index in [-0.39, 0.29) is 5.56 Å². The van der Waals surface area contributed by atoms with E-state index in [1.54, 1.807) is 7.05 Å². The number of hydrogen-bond donors (Lipinski definition) is 3. The van der Waals surface area contributed by atoms with Crippen molar-refractivity contribution in [2.45, 2.75) is 6.92 Å². The number of hydrogen-bond acceptors (Lipinski definition) is 4. The zero-order valence-electron chi connectivity index (χ0n) is 13.4. The van der Waals surface area contributed by atoms with Gasteiger partial charge in [-0.05, 0) is 25.0 Å². The molecule has 122 valence electrons. The van der Waals surface area contributed by atoms with Crippen LogP contribution in [0.4, 0.5) is 5.82 Å². The molecule has 0 unspecified atom stereocenters. The van der Waals surface area contributed by atoms with Crippen LogP contribution in [0.15, 0.2) is 12.1 Å². The highest BCUT2D eigenvalue weighted by Gasteiger charge is 2.16. The summed E-state index contributed by atoms with van der Waals surface area (Å²) in [6, 6.07) is 3.64. The molecule has 8 heteroatoms. The molecule has 0 atom stereocenters. The number of carbonyl (C=O) groups excluding carboxylic acids is 1. The second kappa shape index (κ2) is 5.91. The molecular weight excluding hydrogens is 328 g/mol. The van der Waals surface area contributed by atoms with Gasteiger partial charge in [0.05, 0.1) is 16.1 Å². The van der Waals surface area contributed by atoms with Crippen molar-refractivity contribution in [2.24, 2.45) is 12.8 Å². The molecule has 0 aliphatic carbocycles. The number of benzene rings is 1. The summed E-state index contributed by atoms with van der Waals surface area (Å²) in [6.45, 7) is 1.92. The number of nitrogens with one attached hydrogen (secondary N) is 2. The van der Waals surface area contributed by atoms with Crippen molar-refractivity contribution in [1.29, 1.82) is 0 Å². The van der Waals surface area contributed by atoms with Gasteiger partial charge in [-0.25, -0.2) is 4.98 Å². The molecule has 2 heterocycles. The minimum absolute atomic E-state index is 0.218. The first-order chi connectivity index (χ1) is 11.4. The number of nitrogens with two attached hydrogens (primary N) is 1. The van der Waals surface area contributed by atoms with Crippen molar-refractivity contribution in [3.8, 4) is 11.8 Å². The van der Waals surface area contributed by atoms with Gasteiger partial charge in [0.2, 0.25) is 0 Å². The lowest BCUT2D eigenvalue weighted by Gasteiger charge is -1.99. The molecule has 3 aromatic rings. The molecule has 3 rings (SSSR count). The SMILES string of the molecule is CNc1n[nH]c(C#Cc2cc3nc(C)n(C)c3cc2Cl)c1C(N)=O. The van der Waals surface area contributed by atoms with Crippen LogP contribution in [-0.2, 0) is 7.05 Å². The number of H-pyrrole nitrogens is 1. The van der Waals surface area contributed by atoms with Crippen LogP contribution in [-0.4, -0.2) is 32.7 Å². The molecule has 0 spiro atoms. The summed E-state index contributed by atoms with van der Waals surface area (Å²) in [4.78, 5) is 16.0. The van der Waals surface area contributed by atoms with E-state index in [0.29, 0.717) is 22.1 Å². The maximum absolute atomic E-state index is 11.6. The Labute approximate surface area is 143 Å².